The average molecular weight is 406 g/mol. The van der Waals surface area contributed by atoms with Crippen LogP contribution in [-0.4, -0.2) is 53.3 Å². The first-order valence-electron chi connectivity index (χ1n) is 10.9. The molecular formula is C24H31N5O. The minimum Gasteiger partial charge on any atom is -0.366 e. The van der Waals surface area contributed by atoms with Gasteiger partial charge >= 0.3 is 0 Å². The minimum absolute atomic E-state index is 0.0735. The van der Waals surface area contributed by atoms with Crippen LogP contribution in [0.25, 0.3) is 11.1 Å². The highest BCUT2D eigenvalue weighted by Gasteiger charge is 2.29. The van der Waals surface area contributed by atoms with Crippen molar-refractivity contribution >= 4 is 17.3 Å². The van der Waals surface area contributed by atoms with Crippen LogP contribution in [0.15, 0.2) is 47.7 Å². The molecule has 1 aromatic carbocycles. The van der Waals surface area contributed by atoms with E-state index in [1.807, 2.05) is 30.5 Å². The molecule has 2 N–H and O–H groups in total. The molecule has 0 saturated carbocycles. The molecule has 6 nitrogen and oxygen atoms in total. The van der Waals surface area contributed by atoms with Gasteiger partial charge in [-0.1, -0.05) is 26.0 Å². The van der Waals surface area contributed by atoms with Gasteiger partial charge in [0.25, 0.3) is 5.91 Å². The number of aliphatic imine (C=N–C) groups is 1. The highest BCUT2D eigenvalue weighted by atomic mass is 16.2. The highest BCUT2D eigenvalue weighted by Crippen LogP contribution is 2.27. The van der Waals surface area contributed by atoms with Crippen molar-refractivity contribution in [2.75, 3.05) is 25.1 Å². The normalized spacial score (nSPS) is 21.5. The fourth-order valence-electron chi connectivity index (χ4n) is 4.44. The number of piperidine rings is 1. The lowest BCUT2D eigenvalue weighted by atomic mass is 9.95. The number of anilines is 1. The van der Waals surface area contributed by atoms with E-state index in [-0.39, 0.29) is 11.9 Å². The third kappa shape index (κ3) is 4.54. The van der Waals surface area contributed by atoms with E-state index >= 15 is 0 Å². The number of amides is 1. The predicted octanol–water partition coefficient (Wildman–Crippen LogP) is 3.55. The molecule has 1 amide bonds. The van der Waals surface area contributed by atoms with Crippen LogP contribution in [0.2, 0.25) is 0 Å². The van der Waals surface area contributed by atoms with E-state index in [1.54, 1.807) is 6.20 Å². The van der Waals surface area contributed by atoms with Crippen LogP contribution >= 0.6 is 0 Å². The summed E-state index contributed by atoms with van der Waals surface area (Å²) in [7, 11) is 0. The molecule has 0 radical (unpaired) electrons. The Morgan fingerprint density at radius 2 is 2.17 bits per heavy atom. The summed E-state index contributed by atoms with van der Waals surface area (Å²) < 4.78 is 0. The SMILES string of the molecule is CC(C)CN1CCC(NC(=O)C2=NCNc3ccc(-c4cccnc4)cc32)CC1C. The van der Waals surface area contributed by atoms with Crippen LogP contribution in [0.3, 0.4) is 0 Å². The summed E-state index contributed by atoms with van der Waals surface area (Å²) in [5.41, 5.74) is 4.37. The third-order valence-corrected chi connectivity index (χ3v) is 5.94. The molecule has 30 heavy (non-hydrogen) atoms. The Morgan fingerprint density at radius 1 is 1.30 bits per heavy atom. The number of aromatic nitrogens is 1. The summed E-state index contributed by atoms with van der Waals surface area (Å²) in [6.45, 7) is 9.34. The Bertz CT molecular complexity index is 924. The first-order chi connectivity index (χ1) is 14.5. The number of benzene rings is 1. The van der Waals surface area contributed by atoms with Crippen molar-refractivity contribution < 1.29 is 4.79 Å². The molecule has 1 fully saturated rings. The number of hydrogen-bond acceptors (Lipinski definition) is 5. The standard InChI is InChI=1S/C24H31N5O/c1-16(2)14-29-10-8-20(11-17(29)3)28-24(30)23-21-12-18(19-5-4-9-25-13-19)6-7-22(21)26-15-27-23/h4-7,9,12-13,16-17,20,26H,8,10-11,14-15H2,1-3H3,(H,28,30). The monoisotopic (exact) mass is 405 g/mol. The topological polar surface area (TPSA) is 69.6 Å². The highest BCUT2D eigenvalue weighted by molar-refractivity contribution is 6.47. The van der Waals surface area contributed by atoms with Gasteiger partial charge in [0.15, 0.2) is 0 Å². The molecule has 2 aromatic rings. The summed E-state index contributed by atoms with van der Waals surface area (Å²) >= 11 is 0. The molecule has 1 aromatic heterocycles. The molecule has 2 atom stereocenters. The Morgan fingerprint density at radius 3 is 2.90 bits per heavy atom. The quantitative estimate of drug-likeness (QED) is 0.798. The van der Waals surface area contributed by atoms with Gasteiger partial charge in [-0.25, -0.2) is 0 Å². The van der Waals surface area contributed by atoms with Gasteiger partial charge in [-0.2, -0.15) is 0 Å². The number of nitrogens with zero attached hydrogens (tertiary/aromatic N) is 3. The number of nitrogens with one attached hydrogen (secondary N) is 2. The van der Waals surface area contributed by atoms with E-state index < -0.39 is 0 Å². The number of fused-ring (bicyclic) bond motifs is 1. The van der Waals surface area contributed by atoms with Gasteiger partial charge in [0.2, 0.25) is 0 Å². The second kappa shape index (κ2) is 8.96. The molecule has 4 rings (SSSR count). The van der Waals surface area contributed by atoms with Crippen molar-refractivity contribution in [1.82, 2.24) is 15.2 Å². The maximum atomic E-state index is 13.1. The van der Waals surface area contributed by atoms with Crippen molar-refractivity contribution in [1.29, 1.82) is 0 Å². The Balaban J connectivity index is 1.48. The Kier molecular flexibility index (Phi) is 6.13. The number of likely N-dealkylation sites (tertiary alicyclic amines) is 1. The maximum absolute atomic E-state index is 13.1. The second-order valence-corrected chi connectivity index (χ2v) is 8.78. The van der Waals surface area contributed by atoms with Crippen LogP contribution in [0.1, 0.15) is 39.2 Å². The van der Waals surface area contributed by atoms with Crippen LogP contribution in [0.4, 0.5) is 5.69 Å². The van der Waals surface area contributed by atoms with Crippen molar-refractivity contribution in [3.05, 3.63) is 48.3 Å². The van der Waals surface area contributed by atoms with E-state index in [2.05, 4.69) is 52.3 Å². The molecular weight excluding hydrogens is 374 g/mol. The molecule has 2 aliphatic heterocycles. The van der Waals surface area contributed by atoms with Gasteiger partial charge in [-0.15, -0.1) is 0 Å². The summed E-state index contributed by atoms with van der Waals surface area (Å²) in [5.74, 6) is 0.587. The number of carbonyl (C=O) groups is 1. The molecule has 0 aliphatic carbocycles. The zero-order valence-electron chi connectivity index (χ0n) is 18.1. The lowest BCUT2D eigenvalue weighted by Gasteiger charge is -2.39. The number of hydrogen-bond donors (Lipinski definition) is 2. The maximum Gasteiger partial charge on any atom is 0.270 e. The largest absolute Gasteiger partial charge is 0.366 e. The van der Waals surface area contributed by atoms with Crippen molar-refractivity contribution in [2.45, 2.75) is 45.7 Å². The van der Waals surface area contributed by atoms with Gasteiger partial charge in [0.05, 0.1) is 0 Å². The van der Waals surface area contributed by atoms with Gasteiger partial charge in [-0.05, 0) is 49.4 Å². The van der Waals surface area contributed by atoms with E-state index in [0.29, 0.717) is 24.3 Å². The molecule has 3 heterocycles. The van der Waals surface area contributed by atoms with Crippen molar-refractivity contribution in [3.8, 4) is 11.1 Å². The molecule has 0 spiro atoms. The summed E-state index contributed by atoms with van der Waals surface area (Å²) in [4.78, 5) is 24.4. The van der Waals surface area contributed by atoms with Gasteiger partial charge in [0.1, 0.15) is 12.4 Å². The van der Waals surface area contributed by atoms with Gasteiger partial charge < -0.3 is 15.5 Å². The predicted molar refractivity (Wildman–Crippen MR) is 122 cm³/mol. The van der Waals surface area contributed by atoms with E-state index in [0.717, 1.165) is 48.3 Å². The molecule has 158 valence electrons. The lowest BCUT2D eigenvalue weighted by molar-refractivity contribution is -0.115. The Labute approximate surface area is 178 Å². The van der Waals surface area contributed by atoms with Crippen LogP contribution in [0.5, 0.6) is 0 Å². The first kappa shape index (κ1) is 20.5. The second-order valence-electron chi connectivity index (χ2n) is 8.78. The summed E-state index contributed by atoms with van der Waals surface area (Å²) in [6.07, 6.45) is 5.56. The van der Waals surface area contributed by atoms with Gasteiger partial charge in [-0.3, -0.25) is 14.8 Å². The smallest absolute Gasteiger partial charge is 0.270 e. The van der Waals surface area contributed by atoms with Crippen molar-refractivity contribution in [3.63, 3.8) is 0 Å². The fraction of sp³-hybridized carbons (Fsp3) is 0.458. The number of rotatable bonds is 5. The number of carbonyl (C=O) groups excluding carboxylic acids is 1. The minimum atomic E-state index is -0.0735. The molecule has 2 aliphatic rings. The zero-order chi connectivity index (χ0) is 21.1. The first-order valence-corrected chi connectivity index (χ1v) is 10.9. The van der Waals surface area contributed by atoms with E-state index in [9.17, 15) is 4.79 Å². The van der Waals surface area contributed by atoms with Gasteiger partial charge in [0, 0.05) is 54.4 Å². The zero-order valence-corrected chi connectivity index (χ0v) is 18.1. The molecule has 6 heteroatoms. The number of pyridine rings is 1. The van der Waals surface area contributed by atoms with Crippen LogP contribution < -0.4 is 10.6 Å². The molecule has 0 bridgehead atoms. The fourth-order valence-corrected chi connectivity index (χ4v) is 4.44. The molecule has 2 unspecified atom stereocenters. The van der Waals surface area contributed by atoms with Crippen LogP contribution in [-0.2, 0) is 4.79 Å². The molecule has 1 saturated heterocycles. The summed E-state index contributed by atoms with van der Waals surface area (Å²) in [6, 6.07) is 10.7. The average Bonchev–Trinajstić information content (AvgIpc) is 2.75. The lowest BCUT2D eigenvalue weighted by Crippen LogP contribution is -2.51. The van der Waals surface area contributed by atoms with Crippen LogP contribution in [0, 0.1) is 5.92 Å². The summed E-state index contributed by atoms with van der Waals surface area (Å²) in [5, 5.41) is 6.53. The third-order valence-electron chi connectivity index (χ3n) is 5.94. The van der Waals surface area contributed by atoms with Crippen molar-refractivity contribution in [2.24, 2.45) is 10.9 Å². The van der Waals surface area contributed by atoms with E-state index in [1.165, 1.54) is 0 Å². The van der Waals surface area contributed by atoms with E-state index in [4.69, 9.17) is 0 Å². The Hall–Kier alpha value is -2.73.